The highest BCUT2D eigenvalue weighted by Crippen LogP contribution is 2.30. The Morgan fingerprint density at radius 1 is 1.19 bits per heavy atom. The zero-order chi connectivity index (χ0) is 18.6. The quantitative estimate of drug-likeness (QED) is 0.780. The third kappa shape index (κ3) is 3.64. The van der Waals surface area contributed by atoms with E-state index >= 15 is 0 Å². The Morgan fingerprint density at radius 3 is 2.89 bits per heavy atom. The number of carbonyl (C=O) groups is 1. The average molecular weight is 382 g/mol. The van der Waals surface area contributed by atoms with Crippen LogP contribution in [0.5, 0.6) is 0 Å². The molecule has 0 radical (unpaired) electrons. The molecule has 1 amide bonds. The van der Waals surface area contributed by atoms with E-state index in [0.29, 0.717) is 16.6 Å². The van der Waals surface area contributed by atoms with Gasteiger partial charge in [-0.25, -0.2) is 10.0 Å². The highest BCUT2D eigenvalue weighted by Gasteiger charge is 2.35. The predicted molar refractivity (Wildman–Crippen MR) is 106 cm³/mol. The largest absolute Gasteiger partial charge is 0.465 e. The van der Waals surface area contributed by atoms with Crippen molar-refractivity contribution in [2.24, 2.45) is 10.1 Å². The predicted octanol–water partition coefficient (Wildman–Crippen LogP) is 2.74. The molecule has 1 aromatic heterocycles. The highest BCUT2D eigenvalue weighted by molar-refractivity contribution is 8.13. The molecule has 0 bridgehead atoms. The number of nitrogens with zero attached hydrogens (tertiary/aromatic N) is 3. The number of benzene rings is 1. The molecular weight excluding hydrogens is 360 g/mol. The smallest absolute Gasteiger partial charge is 0.276 e. The number of hydrazone groups is 1. The third-order valence-electron chi connectivity index (χ3n) is 4.55. The van der Waals surface area contributed by atoms with Crippen molar-refractivity contribution >= 4 is 28.5 Å². The van der Waals surface area contributed by atoms with Gasteiger partial charge in [-0.1, -0.05) is 56.1 Å². The average Bonchev–Trinajstić information content (AvgIpc) is 3.21. The molecule has 140 valence electrons. The number of amidine groups is 1. The fraction of sp³-hybridized carbons (Fsp3) is 0.350. The van der Waals surface area contributed by atoms with E-state index in [4.69, 9.17) is 14.5 Å². The van der Waals surface area contributed by atoms with Crippen LogP contribution in [0.3, 0.4) is 0 Å². The molecule has 0 saturated heterocycles. The molecule has 1 atom stereocenters. The number of amides is 1. The van der Waals surface area contributed by atoms with Crippen molar-refractivity contribution < 1.29 is 9.21 Å². The Hall–Kier alpha value is -2.54. The zero-order valence-electron chi connectivity index (χ0n) is 15.2. The molecule has 2 aliphatic heterocycles. The number of nitrogens with one attached hydrogen (secondary N) is 1. The summed E-state index contributed by atoms with van der Waals surface area (Å²) in [6.45, 7) is 2.20. The summed E-state index contributed by atoms with van der Waals surface area (Å²) < 4.78 is 5.58. The van der Waals surface area contributed by atoms with Crippen molar-refractivity contribution in [2.75, 3.05) is 5.75 Å². The lowest BCUT2D eigenvalue weighted by Crippen LogP contribution is -2.50. The summed E-state index contributed by atoms with van der Waals surface area (Å²) in [5.41, 5.74) is 0.511. The maximum absolute atomic E-state index is 12.9. The third-order valence-corrected chi connectivity index (χ3v) is 5.50. The minimum atomic E-state index is -0.480. The number of unbranched alkanes of at least 4 members (excludes halogenated alkanes) is 3. The highest BCUT2D eigenvalue weighted by atomic mass is 32.2. The van der Waals surface area contributed by atoms with Crippen molar-refractivity contribution in [2.45, 2.75) is 38.8 Å². The minimum Gasteiger partial charge on any atom is -0.465 e. The van der Waals surface area contributed by atoms with Crippen molar-refractivity contribution in [1.29, 1.82) is 0 Å². The SMILES string of the molecule is CCCCCCSC1=NN2C(=c3ccccc3=NC2c2ccco2)C(=O)N1. The van der Waals surface area contributed by atoms with E-state index in [9.17, 15) is 4.79 Å². The van der Waals surface area contributed by atoms with E-state index in [1.54, 1.807) is 23.0 Å². The summed E-state index contributed by atoms with van der Waals surface area (Å²) in [7, 11) is 0. The molecule has 7 heteroatoms. The van der Waals surface area contributed by atoms with Gasteiger partial charge in [0.1, 0.15) is 11.5 Å². The van der Waals surface area contributed by atoms with Crippen molar-refractivity contribution in [1.82, 2.24) is 10.3 Å². The number of fused-ring (bicyclic) bond motifs is 2. The van der Waals surface area contributed by atoms with Crippen LogP contribution in [0.2, 0.25) is 0 Å². The molecule has 0 fully saturated rings. The van der Waals surface area contributed by atoms with Crippen LogP contribution >= 0.6 is 11.8 Å². The van der Waals surface area contributed by atoms with Crippen LogP contribution in [-0.2, 0) is 4.79 Å². The summed E-state index contributed by atoms with van der Waals surface area (Å²) in [6.07, 6.45) is 5.89. The van der Waals surface area contributed by atoms with Crippen molar-refractivity contribution in [3.63, 3.8) is 0 Å². The van der Waals surface area contributed by atoms with Crippen LogP contribution in [-0.4, -0.2) is 21.8 Å². The Balaban J connectivity index is 1.68. The van der Waals surface area contributed by atoms with Gasteiger partial charge in [-0.05, 0) is 24.6 Å². The van der Waals surface area contributed by atoms with Gasteiger partial charge in [-0.2, -0.15) is 0 Å². The molecular formula is C20H22N4O2S. The van der Waals surface area contributed by atoms with Gasteiger partial charge in [-0.3, -0.25) is 10.1 Å². The van der Waals surface area contributed by atoms with Gasteiger partial charge >= 0.3 is 0 Å². The van der Waals surface area contributed by atoms with Gasteiger partial charge in [0, 0.05) is 11.0 Å². The summed E-state index contributed by atoms with van der Waals surface area (Å²) >= 11 is 1.58. The second-order valence-corrected chi connectivity index (χ2v) is 7.58. The van der Waals surface area contributed by atoms with Gasteiger partial charge in [0.2, 0.25) is 6.17 Å². The summed E-state index contributed by atoms with van der Waals surface area (Å²) in [5.74, 6) is 1.44. The van der Waals surface area contributed by atoms with Crippen molar-refractivity contribution in [3.8, 4) is 0 Å². The molecule has 1 N–H and O–H groups in total. The Morgan fingerprint density at radius 2 is 2.07 bits per heavy atom. The van der Waals surface area contributed by atoms with Crippen LogP contribution in [0.15, 0.2) is 57.2 Å². The first kappa shape index (κ1) is 17.9. The number of hydrogen-bond donors (Lipinski definition) is 1. The maximum Gasteiger partial charge on any atom is 0.276 e. The molecule has 1 aromatic carbocycles. The van der Waals surface area contributed by atoms with Gasteiger partial charge in [0.05, 0.1) is 11.6 Å². The first-order valence-electron chi connectivity index (χ1n) is 9.30. The molecule has 6 nitrogen and oxygen atoms in total. The normalized spacial score (nSPS) is 18.3. The lowest BCUT2D eigenvalue weighted by molar-refractivity contribution is -0.116. The van der Waals surface area contributed by atoms with Gasteiger partial charge < -0.3 is 4.42 Å². The molecule has 1 unspecified atom stereocenters. The van der Waals surface area contributed by atoms with Crippen LogP contribution in [0.4, 0.5) is 0 Å². The summed E-state index contributed by atoms with van der Waals surface area (Å²) in [5, 5.41) is 11.5. The first-order chi connectivity index (χ1) is 13.3. The lowest BCUT2D eigenvalue weighted by Gasteiger charge is -2.32. The molecule has 0 aliphatic carbocycles. The van der Waals surface area contributed by atoms with E-state index in [1.165, 1.54) is 19.3 Å². The number of carbonyl (C=O) groups excluding carboxylic acids is 1. The van der Waals surface area contributed by atoms with Crippen LogP contribution in [0.1, 0.15) is 44.5 Å². The van der Waals surface area contributed by atoms with E-state index in [0.717, 1.165) is 22.7 Å². The zero-order valence-corrected chi connectivity index (χ0v) is 16.0. The lowest BCUT2D eigenvalue weighted by atomic mass is 10.1. The van der Waals surface area contributed by atoms with Crippen LogP contribution in [0.25, 0.3) is 5.70 Å². The second kappa shape index (κ2) is 8.00. The molecule has 0 spiro atoms. The number of hydrogen-bond acceptors (Lipinski definition) is 6. The molecule has 3 heterocycles. The fourth-order valence-corrected chi connectivity index (χ4v) is 4.07. The minimum absolute atomic E-state index is 0.153. The van der Waals surface area contributed by atoms with Gasteiger partial charge in [0.15, 0.2) is 5.17 Å². The Bertz CT molecular complexity index is 968. The summed E-state index contributed by atoms with van der Waals surface area (Å²) in [6, 6.07) is 11.3. The maximum atomic E-state index is 12.9. The molecule has 0 saturated carbocycles. The number of rotatable bonds is 6. The van der Waals surface area contributed by atoms with E-state index in [-0.39, 0.29) is 5.91 Å². The number of thioether (sulfide) groups is 1. The standard InChI is InChI=1S/C20H22N4O2S/c1-2-3-4-7-13-27-20-22-19(25)17-14-9-5-6-10-15(14)21-18(24(17)23-20)16-11-8-12-26-16/h5-6,8-12,18H,2-4,7,13H2,1H3,(H,22,23,25). The number of furan rings is 1. The molecule has 2 aromatic rings. The topological polar surface area (TPSA) is 70.2 Å². The summed E-state index contributed by atoms with van der Waals surface area (Å²) in [4.78, 5) is 17.7. The first-order valence-corrected chi connectivity index (χ1v) is 10.3. The number of para-hydroxylation sites is 1. The van der Waals surface area contributed by atoms with Gasteiger partial charge in [-0.15, -0.1) is 5.10 Å². The van der Waals surface area contributed by atoms with Crippen LogP contribution in [0, 0.1) is 0 Å². The van der Waals surface area contributed by atoms with Gasteiger partial charge in [0.25, 0.3) is 5.91 Å². The van der Waals surface area contributed by atoms with E-state index in [1.807, 2.05) is 36.4 Å². The Kier molecular flexibility index (Phi) is 5.29. The Labute approximate surface area is 162 Å². The van der Waals surface area contributed by atoms with Crippen molar-refractivity contribution in [3.05, 3.63) is 59.0 Å². The monoisotopic (exact) mass is 382 g/mol. The van der Waals surface area contributed by atoms with E-state index < -0.39 is 6.17 Å². The molecule has 4 rings (SSSR count). The molecule has 2 aliphatic rings. The molecule has 27 heavy (non-hydrogen) atoms. The fourth-order valence-electron chi connectivity index (χ4n) is 3.21. The van der Waals surface area contributed by atoms with Crippen LogP contribution < -0.4 is 15.9 Å². The van der Waals surface area contributed by atoms with E-state index in [2.05, 4.69) is 12.2 Å². The second-order valence-electron chi connectivity index (χ2n) is 6.50.